The van der Waals surface area contributed by atoms with Gasteiger partial charge in [-0.25, -0.2) is 4.99 Å². The molecule has 3 aromatic rings. The van der Waals surface area contributed by atoms with Gasteiger partial charge < -0.3 is 4.74 Å². The molecule has 0 bridgehead atoms. The first kappa shape index (κ1) is 19.9. The quantitative estimate of drug-likeness (QED) is 0.550. The molecule has 2 nitrogen and oxygen atoms in total. The molecule has 3 aromatic carbocycles. The lowest BCUT2D eigenvalue weighted by atomic mass is 9.89. The van der Waals surface area contributed by atoms with Gasteiger partial charge in [-0.05, 0) is 41.7 Å². The third-order valence-corrected chi connectivity index (χ3v) is 7.47. The average molecular weight is 401 g/mol. The second-order valence-corrected chi connectivity index (χ2v) is 10.9. The predicted octanol–water partition coefficient (Wildman–Crippen LogP) is 5.03. The summed E-state index contributed by atoms with van der Waals surface area (Å²) in [5.41, 5.74) is 1.37. The largest absolute Gasteiger partial charge is 0.475 e. The second kappa shape index (κ2) is 8.51. The van der Waals surface area contributed by atoms with Gasteiger partial charge in [-0.1, -0.05) is 99.6 Å². The first-order valence-electron chi connectivity index (χ1n) is 10.2. The summed E-state index contributed by atoms with van der Waals surface area (Å²) in [6.07, 6.45) is 1.03. The minimum Gasteiger partial charge on any atom is -0.475 e. The lowest BCUT2D eigenvalue weighted by molar-refractivity contribution is 0.268. The van der Waals surface area contributed by atoms with Crippen LogP contribution in [0.25, 0.3) is 0 Å². The molecule has 1 aliphatic rings. The number of ether oxygens (including phenoxy) is 1. The fourth-order valence-electron chi connectivity index (χ4n) is 3.81. The summed E-state index contributed by atoms with van der Waals surface area (Å²) in [7, 11) is -0.685. The fraction of sp³-hybridized carbons (Fsp3) is 0.269. The minimum absolute atomic E-state index is 0.234. The fourth-order valence-corrected chi connectivity index (χ4v) is 6.25. The average Bonchev–Trinajstić information content (AvgIpc) is 3.17. The van der Waals surface area contributed by atoms with Crippen LogP contribution in [0.3, 0.4) is 0 Å². The lowest BCUT2D eigenvalue weighted by Gasteiger charge is -2.22. The maximum Gasteiger partial charge on any atom is 0.217 e. The highest BCUT2D eigenvalue weighted by Crippen LogP contribution is 2.35. The number of hydrogen-bond donors (Lipinski definition) is 0. The molecule has 0 amide bonds. The monoisotopic (exact) mass is 401 g/mol. The van der Waals surface area contributed by atoms with Gasteiger partial charge in [0.1, 0.15) is 6.61 Å². The summed E-state index contributed by atoms with van der Waals surface area (Å²) in [4.78, 5) is 4.98. The highest BCUT2D eigenvalue weighted by atomic mass is 31.1. The topological polar surface area (TPSA) is 21.6 Å². The van der Waals surface area contributed by atoms with Gasteiger partial charge in [0.25, 0.3) is 0 Å². The van der Waals surface area contributed by atoms with Gasteiger partial charge in [0, 0.05) is 5.56 Å². The van der Waals surface area contributed by atoms with Crippen LogP contribution in [0.4, 0.5) is 0 Å². The van der Waals surface area contributed by atoms with Gasteiger partial charge in [-0.2, -0.15) is 0 Å². The van der Waals surface area contributed by atoms with Crippen molar-refractivity contribution in [3.63, 3.8) is 0 Å². The molecule has 0 N–H and O–H groups in total. The number of rotatable bonds is 5. The second-order valence-electron chi connectivity index (χ2n) is 8.69. The minimum atomic E-state index is -0.685. The molecule has 3 heteroatoms. The molecular weight excluding hydrogens is 373 g/mol. The Kier molecular flexibility index (Phi) is 5.83. The molecule has 0 radical (unpaired) electrons. The summed E-state index contributed by atoms with van der Waals surface area (Å²) in [6, 6.07) is 30.4. The number of nitrogens with zero attached hydrogens (tertiary/aromatic N) is 1. The normalized spacial score (nSPS) is 16.6. The van der Waals surface area contributed by atoms with E-state index in [0.717, 1.165) is 17.9 Å². The van der Waals surface area contributed by atoms with E-state index >= 15 is 0 Å². The van der Waals surface area contributed by atoms with Gasteiger partial charge in [0.15, 0.2) is 0 Å². The lowest BCUT2D eigenvalue weighted by Crippen LogP contribution is -2.25. The maximum absolute atomic E-state index is 6.12. The van der Waals surface area contributed by atoms with Crippen molar-refractivity contribution in [2.75, 3.05) is 6.61 Å². The van der Waals surface area contributed by atoms with Gasteiger partial charge in [-0.15, -0.1) is 0 Å². The van der Waals surface area contributed by atoms with Crippen molar-refractivity contribution in [1.29, 1.82) is 0 Å². The molecule has 29 heavy (non-hydrogen) atoms. The van der Waals surface area contributed by atoms with Crippen molar-refractivity contribution in [1.82, 2.24) is 0 Å². The van der Waals surface area contributed by atoms with Crippen molar-refractivity contribution in [2.45, 2.75) is 33.2 Å². The van der Waals surface area contributed by atoms with Gasteiger partial charge in [0.05, 0.1) is 6.04 Å². The Morgan fingerprint density at radius 3 is 1.97 bits per heavy atom. The first-order chi connectivity index (χ1) is 14.0. The van der Waals surface area contributed by atoms with Crippen LogP contribution in [0.15, 0.2) is 89.9 Å². The highest BCUT2D eigenvalue weighted by Gasteiger charge is 2.28. The molecular formula is C26H28NOP. The molecule has 0 spiro atoms. The number of benzene rings is 3. The van der Waals surface area contributed by atoms with Crippen molar-refractivity contribution < 1.29 is 4.74 Å². The van der Waals surface area contributed by atoms with Crippen LogP contribution in [0, 0.1) is 5.41 Å². The molecule has 0 saturated carbocycles. The van der Waals surface area contributed by atoms with Crippen LogP contribution in [-0.2, 0) is 4.74 Å². The zero-order chi connectivity index (χ0) is 20.3. The Morgan fingerprint density at radius 1 is 0.828 bits per heavy atom. The Hall–Kier alpha value is -2.44. The van der Waals surface area contributed by atoms with E-state index in [1.807, 2.05) is 0 Å². The summed E-state index contributed by atoms with van der Waals surface area (Å²) in [5.74, 6) is 0.800. The molecule has 0 aromatic heterocycles. The molecule has 4 rings (SSSR count). The molecule has 1 unspecified atom stereocenters. The number of aliphatic imine (C=N–C) groups is 1. The molecule has 1 atom stereocenters. The summed E-state index contributed by atoms with van der Waals surface area (Å²) < 4.78 is 6.12. The van der Waals surface area contributed by atoms with Crippen LogP contribution in [0.1, 0.15) is 32.8 Å². The van der Waals surface area contributed by atoms with Crippen molar-refractivity contribution >= 4 is 29.7 Å². The van der Waals surface area contributed by atoms with Crippen LogP contribution < -0.4 is 15.9 Å². The number of hydrogen-bond acceptors (Lipinski definition) is 2. The third kappa shape index (κ3) is 4.77. The highest BCUT2D eigenvalue weighted by molar-refractivity contribution is 7.80. The van der Waals surface area contributed by atoms with Crippen LogP contribution in [-0.4, -0.2) is 18.5 Å². The third-order valence-electron chi connectivity index (χ3n) is 4.96. The first-order valence-corrected chi connectivity index (χ1v) is 11.6. The van der Waals surface area contributed by atoms with Crippen molar-refractivity contribution in [3.8, 4) is 0 Å². The van der Waals surface area contributed by atoms with E-state index in [4.69, 9.17) is 9.73 Å². The van der Waals surface area contributed by atoms with Crippen molar-refractivity contribution in [3.05, 3.63) is 90.5 Å². The van der Waals surface area contributed by atoms with Gasteiger partial charge >= 0.3 is 0 Å². The van der Waals surface area contributed by atoms with Crippen LogP contribution >= 0.6 is 7.92 Å². The Balaban J connectivity index is 1.77. The Labute approximate surface area is 175 Å². The SMILES string of the molecule is CC(C)(C)CC1COC(c2ccccc2P(c2ccccc2)c2ccccc2)=N1. The van der Waals surface area contributed by atoms with Crippen LogP contribution in [0.2, 0.25) is 0 Å². The summed E-state index contributed by atoms with van der Waals surface area (Å²) >= 11 is 0. The van der Waals surface area contributed by atoms with E-state index in [2.05, 4.69) is 106 Å². The van der Waals surface area contributed by atoms with E-state index in [9.17, 15) is 0 Å². The van der Waals surface area contributed by atoms with E-state index in [0.29, 0.717) is 6.61 Å². The Morgan fingerprint density at radius 2 is 1.38 bits per heavy atom. The summed E-state index contributed by atoms with van der Waals surface area (Å²) in [6.45, 7) is 7.46. The molecule has 0 fully saturated rings. The molecule has 148 valence electrons. The van der Waals surface area contributed by atoms with Gasteiger partial charge in [-0.3, -0.25) is 0 Å². The predicted molar refractivity (Wildman–Crippen MR) is 125 cm³/mol. The van der Waals surface area contributed by atoms with Crippen molar-refractivity contribution in [2.24, 2.45) is 10.4 Å². The van der Waals surface area contributed by atoms with E-state index < -0.39 is 7.92 Å². The van der Waals surface area contributed by atoms with E-state index in [-0.39, 0.29) is 11.5 Å². The maximum atomic E-state index is 6.12. The molecule has 0 saturated heterocycles. The molecule has 1 heterocycles. The zero-order valence-electron chi connectivity index (χ0n) is 17.4. The Bertz CT molecular complexity index is 937. The standard InChI is InChI=1S/C26H28NOP/c1-26(2,3)18-20-19-28-25(27-20)23-16-10-11-17-24(23)29(21-12-6-4-7-13-21)22-14-8-5-9-15-22/h4-17,20H,18-19H2,1-3H3. The smallest absolute Gasteiger partial charge is 0.217 e. The summed E-state index contributed by atoms with van der Waals surface area (Å²) in [5, 5.41) is 3.98. The molecule has 1 aliphatic heterocycles. The molecule has 0 aliphatic carbocycles. The van der Waals surface area contributed by atoms with Crippen LogP contribution in [0.5, 0.6) is 0 Å². The zero-order valence-corrected chi connectivity index (χ0v) is 18.3. The van der Waals surface area contributed by atoms with Gasteiger partial charge in [0.2, 0.25) is 5.90 Å². The van der Waals surface area contributed by atoms with E-state index in [1.54, 1.807) is 0 Å². The van der Waals surface area contributed by atoms with E-state index in [1.165, 1.54) is 15.9 Å².